The van der Waals surface area contributed by atoms with Gasteiger partial charge in [0.2, 0.25) is 0 Å². The van der Waals surface area contributed by atoms with E-state index in [1.807, 2.05) is 36.5 Å². The van der Waals surface area contributed by atoms with Gasteiger partial charge in [-0.25, -0.2) is 36.5 Å². The van der Waals surface area contributed by atoms with Crippen molar-refractivity contribution in [3.05, 3.63) is 117 Å². The molecule has 0 amide bonds. The largest absolute Gasteiger partial charge is 4.00 e. The quantitative estimate of drug-likeness (QED) is 0.189. The second-order valence-electron chi connectivity index (χ2n) is 3.01. The maximum absolute atomic E-state index is 2.99. The second kappa shape index (κ2) is 70.7. The first-order chi connectivity index (χ1) is 7.50. The van der Waals surface area contributed by atoms with Crippen LogP contribution in [0.4, 0.5) is 0 Å². The average Bonchev–Trinajstić information content (AvgIpc) is 3.09. The summed E-state index contributed by atoms with van der Waals surface area (Å²) >= 11 is 0. The van der Waals surface area contributed by atoms with Crippen LogP contribution in [0.25, 0.3) is 0 Å². The van der Waals surface area contributed by atoms with Crippen LogP contribution >= 0.6 is 0 Å². The van der Waals surface area contributed by atoms with Gasteiger partial charge in [-0.2, -0.15) is 18.2 Å². The molecule has 6 heteroatoms. The van der Waals surface area contributed by atoms with Crippen LogP contribution in [0.1, 0.15) is 19.3 Å². The van der Waals surface area contributed by atoms with Gasteiger partial charge in [0, 0.05) is 0 Å². The van der Waals surface area contributed by atoms with Gasteiger partial charge in [0.05, 0.1) is 0 Å². The van der Waals surface area contributed by atoms with E-state index < -0.39 is 0 Å². The van der Waals surface area contributed by atoms with Gasteiger partial charge in [-0.1, -0.05) is 0 Å². The maximum atomic E-state index is 2.99. The van der Waals surface area contributed by atoms with Gasteiger partial charge in [0.1, 0.15) is 0 Å². The minimum absolute atomic E-state index is 0. The van der Waals surface area contributed by atoms with E-state index >= 15 is 0 Å². The Labute approximate surface area is 248 Å². The van der Waals surface area contributed by atoms with Crippen LogP contribution in [-0.4, -0.2) is 0 Å². The topological polar surface area (TPSA) is 0 Å². The van der Waals surface area contributed by atoms with Crippen LogP contribution in [0.15, 0.2) is 54.7 Å². The summed E-state index contributed by atoms with van der Waals surface area (Å²) < 4.78 is 0. The van der Waals surface area contributed by atoms with E-state index in [-0.39, 0.29) is 159 Å². The molecule has 0 saturated carbocycles. The molecule has 0 nitrogen and oxygen atoms in total. The average molecular weight is 927 g/mol. The van der Waals surface area contributed by atoms with Crippen molar-refractivity contribution < 1.29 is 115 Å². The van der Waals surface area contributed by atoms with Crippen LogP contribution in [0, 0.1) is 62.8 Å². The van der Waals surface area contributed by atoms with E-state index in [1.54, 1.807) is 0 Å². The molecule has 0 spiro atoms. The predicted molar refractivity (Wildman–Crippen MR) is 103 cm³/mol. The van der Waals surface area contributed by atoms with Gasteiger partial charge in [0.25, 0.3) is 0 Å². The zero-order valence-electron chi connectivity index (χ0n) is 17.5. The molecule has 0 aromatic heterocycles. The molecule has 150 valence electrons. The molecule has 0 radical (unpaired) electrons. The van der Waals surface area contributed by atoms with Crippen molar-refractivity contribution in [2.75, 3.05) is 0 Å². The van der Waals surface area contributed by atoms with Crippen molar-refractivity contribution in [1.29, 1.82) is 0 Å². The summed E-state index contributed by atoms with van der Waals surface area (Å²) in [5.41, 5.74) is 0. The van der Waals surface area contributed by atoms with Crippen LogP contribution in [0.5, 0.6) is 0 Å². The molecular weight excluding hydrogens is 894 g/mol. The molecule has 3 rings (SSSR count). The first-order valence-corrected chi connectivity index (χ1v) is 5.15. The summed E-state index contributed by atoms with van der Waals surface area (Å²) in [7, 11) is 0. The summed E-state index contributed by atoms with van der Waals surface area (Å²) in [4.78, 5) is 0. The Morgan fingerprint density at radius 2 is 0.593 bits per heavy atom. The molecule has 27 heavy (non-hydrogen) atoms. The van der Waals surface area contributed by atoms with Crippen LogP contribution in [0.3, 0.4) is 0 Å². The summed E-state index contributed by atoms with van der Waals surface area (Å²) in [6, 6.07) is 0. The second-order valence-corrected chi connectivity index (χ2v) is 3.01. The van der Waals surface area contributed by atoms with Crippen molar-refractivity contribution in [1.82, 2.24) is 0 Å². The smallest absolute Gasteiger partial charge is 1.00 e. The van der Waals surface area contributed by atoms with Gasteiger partial charge >= 0.3 is 77.5 Å². The van der Waals surface area contributed by atoms with Gasteiger partial charge in [-0.05, 0) is 0 Å². The summed E-state index contributed by atoms with van der Waals surface area (Å²) in [5.74, 6) is 0. The van der Waals surface area contributed by atoms with Gasteiger partial charge in [-0.15, -0.1) is 19.3 Å². The van der Waals surface area contributed by atoms with Crippen molar-refractivity contribution in [2.24, 2.45) is 0 Å². The first kappa shape index (κ1) is 78.7. The molecule has 3 aliphatic rings. The Kier molecular flexibility index (Phi) is 206. The fourth-order valence-corrected chi connectivity index (χ4v) is 1.02. The third kappa shape index (κ3) is 65.5. The van der Waals surface area contributed by atoms with Crippen molar-refractivity contribution in [2.45, 2.75) is 19.3 Å². The van der Waals surface area contributed by atoms with Crippen LogP contribution in [0.2, 0.25) is 0 Å². The monoisotopic (exact) mass is 930 g/mol. The van der Waals surface area contributed by atoms with E-state index in [9.17, 15) is 0 Å². The molecule has 0 fully saturated rings. The molecule has 0 bridgehead atoms. The Bertz CT molecular complexity index is 253. The van der Waals surface area contributed by atoms with Crippen molar-refractivity contribution in [3.8, 4) is 0 Å². The first-order valence-electron chi connectivity index (χ1n) is 5.15. The molecule has 0 heterocycles. The standard InChI is InChI=1S/3C5H5.6CH3.3ClH.3Hf/c3*1-2-4-5-3-1;;;;;;;;;;;;/h3*1-3H,4H2;6*1H3;3*1H;;;/q9*-1;;;;3*+4/p-3. The molecular formula is C21H33Cl3Hf3. The Hall–Kier alpha value is 1.92. The van der Waals surface area contributed by atoms with Crippen LogP contribution in [-0.2, 0) is 77.5 Å². The van der Waals surface area contributed by atoms with Crippen molar-refractivity contribution in [3.63, 3.8) is 0 Å². The number of hydrogen-bond acceptors (Lipinski definition) is 0. The van der Waals surface area contributed by atoms with E-state index in [0.29, 0.717) is 0 Å². The molecule has 0 aromatic carbocycles. The van der Waals surface area contributed by atoms with E-state index in [2.05, 4.69) is 36.5 Å². The molecule has 3 aliphatic carbocycles. The zero-order chi connectivity index (χ0) is 10.6. The SMILES string of the molecule is [C-]1=CC=CC1.[C-]1=CC=CC1.[C-]1=CC=CC1.[CH3-].[CH3-].[CH3-].[CH3-].[CH3-].[CH3-].[Cl-].[Cl-].[Cl-].[Hf+4].[Hf+4].[Hf+4]. The third-order valence-corrected chi connectivity index (χ3v) is 1.76. The Morgan fingerprint density at radius 1 is 0.407 bits per heavy atom. The zero-order valence-corrected chi connectivity index (χ0v) is 30.5. The maximum Gasteiger partial charge on any atom is 4.00 e. The Balaban J connectivity index is -0.0000000102. The minimum atomic E-state index is 0. The number of hydrogen-bond donors (Lipinski definition) is 0. The van der Waals surface area contributed by atoms with E-state index in [4.69, 9.17) is 0 Å². The molecule has 0 N–H and O–H groups in total. The van der Waals surface area contributed by atoms with Crippen LogP contribution < -0.4 is 37.2 Å². The van der Waals surface area contributed by atoms with E-state index in [0.717, 1.165) is 19.3 Å². The van der Waals surface area contributed by atoms with Gasteiger partial charge in [0.15, 0.2) is 0 Å². The molecule has 0 atom stereocenters. The van der Waals surface area contributed by atoms with Gasteiger partial charge < -0.3 is 81.8 Å². The minimum Gasteiger partial charge on any atom is -1.00 e. The Morgan fingerprint density at radius 3 is 0.630 bits per heavy atom. The molecule has 0 unspecified atom stereocenters. The fraction of sp³-hybridized carbons (Fsp3) is 0.143. The number of allylic oxidation sites excluding steroid dienone is 12. The summed E-state index contributed by atoms with van der Waals surface area (Å²) in [5, 5.41) is 0. The van der Waals surface area contributed by atoms with Crippen molar-refractivity contribution >= 4 is 0 Å². The summed E-state index contributed by atoms with van der Waals surface area (Å²) in [6.07, 6.45) is 30.0. The number of halogens is 3. The number of rotatable bonds is 0. The molecule has 0 aliphatic heterocycles. The van der Waals surface area contributed by atoms with Gasteiger partial charge in [-0.3, -0.25) is 18.2 Å². The van der Waals surface area contributed by atoms with E-state index in [1.165, 1.54) is 0 Å². The third-order valence-electron chi connectivity index (χ3n) is 1.76. The molecule has 0 aromatic rings. The normalized spacial score (nSPS) is 9.78. The summed E-state index contributed by atoms with van der Waals surface area (Å²) in [6.45, 7) is 0. The fourth-order valence-electron chi connectivity index (χ4n) is 1.02. The molecule has 0 saturated heterocycles. The predicted octanol–water partition coefficient (Wildman–Crippen LogP) is -2.38.